The maximum absolute atomic E-state index is 10.8. The quantitative estimate of drug-likeness (QED) is 0.575. The van der Waals surface area contributed by atoms with Gasteiger partial charge < -0.3 is 4.74 Å². The van der Waals surface area contributed by atoms with Crippen LogP contribution in [0.1, 0.15) is 55.7 Å². The molecule has 1 fully saturated rings. The van der Waals surface area contributed by atoms with E-state index < -0.39 is 0 Å². The van der Waals surface area contributed by atoms with Gasteiger partial charge in [0, 0.05) is 12.1 Å². The number of methoxy groups -OCH3 is 1. The molecule has 1 saturated carbocycles. The van der Waals surface area contributed by atoms with Gasteiger partial charge in [-0.25, -0.2) is 0 Å². The van der Waals surface area contributed by atoms with Crippen molar-refractivity contribution < 1.29 is 9.66 Å². The molecule has 0 N–H and O–H groups in total. The summed E-state index contributed by atoms with van der Waals surface area (Å²) in [6.07, 6.45) is 1.06. The second-order valence-electron chi connectivity index (χ2n) is 7.48. The lowest BCUT2D eigenvalue weighted by molar-refractivity contribution is -0.384. The number of hydrogen-bond donors (Lipinski definition) is 0. The van der Waals surface area contributed by atoms with E-state index in [9.17, 15) is 10.1 Å². The van der Waals surface area contributed by atoms with Crippen LogP contribution in [-0.4, -0.2) is 12.0 Å². The third-order valence-corrected chi connectivity index (χ3v) is 4.78. The van der Waals surface area contributed by atoms with Gasteiger partial charge in [0.25, 0.3) is 5.69 Å². The summed E-state index contributed by atoms with van der Waals surface area (Å²) in [5.41, 5.74) is 3.79. The van der Waals surface area contributed by atoms with Crippen LogP contribution < -0.4 is 4.74 Å². The maximum atomic E-state index is 10.8. The van der Waals surface area contributed by atoms with Crippen molar-refractivity contribution in [3.63, 3.8) is 0 Å². The Bertz CT molecular complexity index is 759. The molecule has 0 bridgehead atoms. The van der Waals surface area contributed by atoms with Crippen LogP contribution in [0.5, 0.6) is 5.75 Å². The highest BCUT2D eigenvalue weighted by Crippen LogP contribution is 2.57. The molecule has 0 aromatic heterocycles. The Morgan fingerprint density at radius 1 is 1.08 bits per heavy atom. The Labute approximate surface area is 142 Å². The molecule has 2 unspecified atom stereocenters. The van der Waals surface area contributed by atoms with Gasteiger partial charge >= 0.3 is 0 Å². The molecule has 2 aromatic rings. The molecule has 0 spiro atoms. The standard InChI is InChI=1S/C20H23NO3/c1-20(2,3)18-7-5-6-15(19(18)24-4)17-12-16(17)13-8-10-14(11-9-13)21(22)23/h5-11,16-17H,12H2,1-4H3. The first-order valence-corrected chi connectivity index (χ1v) is 8.24. The van der Waals surface area contributed by atoms with Gasteiger partial charge in [0.2, 0.25) is 0 Å². The fraction of sp³-hybridized carbons (Fsp3) is 0.400. The van der Waals surface area contributed by atoms with Crippen LogP contribution in [0, 0.1) is 10.1 Å². The van der Waals surface area contributed by atoms with Crippen molar-refractivity contribution in [1.29, 1.82) is 0 Å². The highest BCUT2D eigenvalue weighted by Gasteiger charge is 2.42. The normalized spacial score (nSPS) is 19.8. The molecular weight excluding hydrogens is 302 g/mol. The van der Waals surface area contributed by atoms with E-state index in [1.54, 1.807) is 19.2 Å². The molecule has 2 aromatic carbocycles. The van der Waals surface area contributed by atoms with Gasteiger partial charge in [-0.05, 0) is 40.4 Å². The van der Waals surface area contributed by atoms with Crippen molar-refractivity contribution in [2.45, 2.75) is 44.4 Å². The molecule has 1 aliphatic rings. The Morgan fingerprint density at radius 3 is 2.29 bits per heavy atom. The summed E-state index contributed by atoms with van der Waals surface area (Å²) in [5.74, 6) is 1.82. The summed E-state index contributed by atoms with van der Waals surface area (Å²) in [4.78, 5) is 10.4. The second kappa shape index (κ2) is 5.93. The lowest BCUT2D eigenvalue weighted by Gasteiger charge is -2.24. The molecule has 0 heterocycles. The van der Waals surface area contributed by atoms with Gasteiger partial charge in [-0.15, -0.1) is 0 Å². The van der Waals surface area contributed by atoms with Crippen LogP contribution >= 0.6 is 0 Å². The van der Waals surface area contributed by atoms with Crippen LogP contribution in [0.4, 0.5) is 5.69 Å². The highest BCUT2D eigenvalue weighted by atomic mass is 16.6. The SMILES string of the molecule is COc1c(C2CC2c2ccc([N+](=O)[O-])cc2)cccc1C(C)(C)C. The number of ether oxygens (including phenoxy) is 1. The maximum Gasteiger partial charge on any atom is 0.269 e. The fourth-order valence-electron chi connectivity index (χ4n) is 3.42. The van der Waals surface area contributed by atoms with Gasteiger partial charge in [0.1, 0.15) is 5.75 Å². The molecule has 1 aliphatic carbocycles. The third-order valence-electron chi connectivity index (χ3n) is 4.78. The highest BCUT2D eigenvalue weighted by molar-refractivity contribution is 5.51. The summed E-state index contributed by atoms with van der Waals surface area (Å²) < 4.78 is 5.75. The first-order valence-electron chi connectivity index (χ1n) is 8.24. The average Bonchev–Trinajstić information content (AvgIpc) is 3.33. The monoisotopic (exact) mass is 325 g/mol. The Morgan fingerprint density at radius 2 is 1.75 bits per heavy atom. The minimum Gasteiger partial charge on any atom is -0.496 e. The number of nitro groups is 1. The Balaban J connectivity index is 1.88. The number of non-ortho nitro benzene ring substituents is 1. The molecule has 0 radical (unpaired) electrons. The van der Waals surface area contributed by atoms with Crippen LogP contribution in [0.3, 0.4) is 0 Å². The molecule has 4 heteroatoms. The van der Waals surface area contributed by atoms with Crippen molar-refractivity contribution in [3.8, 4) is 5.75 Å². The van der Waals surface area contributed by atoms with E-state index >= 15 is 0 Å². The second-order valence-corrected chi connectivity index (χ2v) is 7.48. The topological polar surface area (TPSA) is 52.4 Å². The van der Waals surface area contributed by atoms with Crippen molar-refractivity contribution >= 4 is 5.69 Å². The molecular formula is C20H23NO3. The van der Waals surface area contributed by atoms with E-state index in [2.05, 4.69) is 39.0 Å². The Hall–Kier alpha value is -2.36. The van der Waals surface area contributed by atoms with Crippen molar-refractivity contribution in [2.24, 2.45) is 0 Å². The van der Waals surface area contributed by atoms with Crippen LogP contribution in [0.15, 0.2) is 42.5 Å². The smallest absolute Gasteiger partial charge is 0.269 e. The molecule has 0 aliphatic heterocycles. The first kappa shape index (κ1) is 16.5. The predicted molar refractivity (Wildman–Crippen MR) is 94.9 cm³/mol. The summed E-state index contributed by atoms with van der Waals surface area (Å²) in [6, 6.07) is 13.3. The zero-order valence-electron chi connectivity index (χ0n) is 14.6. The number of para-hydroxylation sites is 1. The van der Waals surface area contributed by atoms with E-state index in [1.807, 2.05) is 12.1 Å². The summed E-state index contributed by atoms with van der Waals surface area (Å²) in [6.45, 7) is 6.57. The van der Waals surface area contributed by atoms with E-state index in [-0.39, 0.29) is 16.0 Å². The summed E-state index contributed by atoms with van der Waals surface area (Å²) >= 11 is 0. The fourth-order valence-corrected chi connectivity index (χ4v) is 3.42. The zero-order chi connectivity index (χ0) is 17.5. The molecule has 0 saturated heterocycles. The molecule has 126 valence electrons. The van der Waals surface area contributed by atoms with E-state index in [1.165, 1.54) is 11.1 Å². The van der Waals surface area contributed by atoms with Crippen molar-refractivity contribution in [3.05, 3.63) is 69.3 Å². The number of nitrogens with zero attached hydrogens (tertiary/aromatic N) is 1. The number of benzene rings is 2. The molecule has 0 amide bonds. The van der Waals surface area contributed by atoms with E-state index in [4.69, 9.17) is 4.74 Å². The van der Waals surface area contributed by atoms with Crippen molar-refractivity contribution in [2.75, 3.05) is 7.11 Å². The van der Waals surface area contributed by atoms with E-state index in [0.717, 1.165) is 17.7 Å². The van der Waals surface area contributed by atoms with Gasteiger partial charge in [0.15, 0.2) is 0 Å². The van der Waals surface area contributed by atoms with Gasteiger partial charge in [-0.3, -0.25) is 10.1 Å². The molecule has 2 atom stereocenters. The third kappa shape index (κ3) is 3.01. The van der Waals surface area contributed by atoms with Crippen LogP contribution in [0.25, 0.3) is 0 Å². The van der Waals surface area contributed by atoms with Crippen LogP contribution in [-0.2, 0) is 5.41 Å². The minimum atomic E-state index is -0.357. The van der Waals surface area contributed by atoms with Crippen molar-refractivity contribution in [1.82, 2.24) is 0 Å². The lowest BCUT2D eigenvalue weighted by atomic mass is 9.84. The largest absolute Gasteiger partial charge is 0.496 e. The number of rotatable bonds is 4. The van der Waals surface area contributed by atoms with Gasteiger partial charge in [0.05, 0.1) is 12.0 Å². The first-order chi connectivity index (χ1) is 11.3. The zero-order valence-corrected chi connectivity index (χ0v) is 14.6. The number of nitro benzene ring substituents is 1. The van der Waals surface area contributed by atoms with Gasteiger partial charge in [-0.2, -0.15) is 0 Å². The average molecular weight is 325 g/mol. The molecule has 24 heavy (non-hydrogen) atoms. The van der Waals surface area contributed by atoms with Crippen LogP contribution in [0.2, 0.25) is 0 Å². The van der Waals surface area contributed by atoms with Gasteiger partial charge in [-0.1, -0.05) is 51.1 Å². The lowest BCUT2D eigenvalue weighted by Crippen LogP contribution is -2.13. The Kier molecular flexibility index (Phi) is 4.08. The minimum absolute atomic E-state index is 0.0269. The molecule has 3 rings (SSSR count). The summed E-state index contributed by atoms with van der Waals surface area (Å²) in [7, 11) is 1.73. The molecule has 4 nitrogen and oxygen atoms in total. The predicted octanol–water partition coefficient (Wildman–Crippen LogP) is 5.17. The summed E-state index contributed by atoms with van der Waals surface area (Å²) in [5, 5.41) is 10.8. The van der Waals surface area contributed by atoms with E-state index in [0.29, 0.717) is 11.8 Å². The number of hydrogen-bond acceptors (Lipinski definition) is 3.